The molecule has 1 aliphatic heterocycles. The number of hydrogen-bond acceptors (Lipinski definition) is 16. The molecule has 3 rings (SSSR count). The van der Waals surface area contributed by atoms with E-state index < -0.39 is 163 Å². The Kier molecular flexibility index (Phi) is 28.7. The molecule has 0 unspecified atom stereocenters. The molecule has 10 atom stereocenters. The van der Waals surface area contributed by atoms with Gasteiger partial charge in [0, 0.05) is 19.4 Å². The zero-order chi connectivity index (χ0) is 63.8. The average Bonchev–Trinajstić information content (AvgIpc) is 4.21. The third kappa shape index (κ3) is 23.7. The van der Waals surface area contributed by atoms with Gasteiger partial charge in [-0.25, -0.2) is 4.79 Å². The minimum absolute atomic E-state index is 0.0151. The molecule has 2 aromatic carbocycles. The Balaban J connectivity index is 1.97. The summed E-state index contributed by atoms with van der Waals surface area (Å²) in [6, 6.07) is -1.03. The summed E-state index contributed by atoms with van der Waals surface area (Å²) in [5, 5.41) is 48.6. The van der Waals surface area contributed by atoms with Gasteiger partial charge in [-0.05, 0) is 78.7 Å². The van der Waals surface area contributed by atoms with Gasteiger partial charge in [0.1, 0.15) is 60.1 Å². The molecule has 0 aliphatic carbocycles. The fraction of sp³-hybridized carbons (Fsp3) is 0.554. The zero-order valence-electron chi connectivity index (χ0n) is 48.7. The summed E-state index contributed by atoms with van der Waals surface area (Å²) in [7, 11) is 0. The summed E-state index contributed by atoms with van der Waals surface area (Å²) in [5.41, 5.74) is 18.1. The highest BCUT2D eigenvalue weighted by atomic mass is 32.2. The monoisotopic (exact) mass is 1210 g/mol. The van der Waals surface area contributed by atoms with Gasteiger partial charge in [0.25, 0.3) is 0 Å². The molecule has 0 aromatic heterocycles. The fourth-order valence-electron chi connectivity index (χ4n) is 9.00. The van der Waals surface area contributed by atoms with E-state index in [-0.39, 0.29) is 56.2 Å². The Morgan fingerprint density at radius 2 is 1.02 bits per heavy atom. The van der Waals surface area contributed by atoms with Crippen LogP contribution in [0.4, 0.5) is 0 Å². The Labute approximate surface area is 496 Å². The molecule has 2 aromatic rings. The van der Waals surface area contributed by atoms with Crippen LogP contribution >= 0.6 is 11.8 Å². The number of phenolic OH excluding ortho intramolecular Hbond substituents is 1. The van der Waals surface area contributed by atoms with Gasteiger partial charge in [0.05, 0.1) is 25.3 Å². The first-order valence-corrected chi connectivity index (χ1v) is 29.1. The van der Waals surface area contributed by atoms with Gasteiger partial charge in [-0.3, -0.25) is 57.5 Å². The first kappa shape index (κ1) is 70.9. The van der Waals surface area contributed by atoms with Crippen LogP contribution in [0.25, 0.3) is 0 Å². The number of carboxylic acids is 2. The summed E-state index contributed by atoms with van der Waals surface area (Å²) in [6.45, 7) is 10.3. The van der Waals surface area contributed by atoms with Crippen LogP contribution in [0, 0.1) is 17.8 Å². The summed E-state index contributed by atoms with van der Waals surface area (Å²) >= 11 is 1.30. The summed E-state index contributed by atoms with van der Waals surface area (Å²) in [6.07, 6.45) is -0.864. The number of nitrogens with one attached hydrogen (secondary N) is 8. The third-order valence-electron chi connectivity index (χ3n) is 13.7. The van der Waals surface area contributed by atoms with Crippen molar-refractivity contribution in [1.82, 2.24) is 47.4 Å². The molecule has 468 valence electrons. The van der Waals surface area contributed by atoms with Crippen LogP contribution in [0.3, 0.4) is 0 Å². The SMILES string of the molecule is CSCC[C@H](NC(=O)[C@@H](NC(=O)[C@H](CC(C)C)NC(=O)[C@H](Cc1ccccc1)NC(=O)[C@H](CC(N)=O)NC(=O)[C@H](Cc1ccc(O)cc1)NC(=O)[C@H](CC(N)=O)NC(=O)[C@@H]1CCCN1C(=O)[C@@H](N)C(C)C)C(C)C)C(=O)N[C@@H](CC(=O)O)C(=O)O. The molecule has 1 aliphatic rings. The first-order chi connectivity index (χ1) is 39.9. The molecule has 29 heteroatoms. The van der Waals surface area contributed by atoms with Crippen LogP contribution in [-0.2, 0) is 75.2 Å². The van der Waals surface area contributed by atoms with Crippen LogP contribution < -0.4 is 59.7 Å². The maximum absolute atomic E-state index is 14.5. The smallest absolute Gasteiger partial charge is 0.326 e. The largest absolute Gasteiger partial charge is 0.508 e. The maximum Gasteiger partial charge on any atom is 0.326 e. The van der Waals surface area contributed by atoms with Crippen molar-refractivity contribution >= 4 is 88.7 Å². The van der Waals surface area contributed by atoms with Crippen LogP contribution in [0.5, 0.6) is 5.75 Å². The average molecular weight is 1210 g/mol. The van der Waals surface area contributed by atoms with E-state index in [1.54, 1.807) is 78.1 Å². The number of carbonyl (C=O) groups excluding carboxylic acids is 11. The summed E-state index contributed by atoms with van der Waals surface area (Å²) in [5.74, 6) is -14.6. The number of benzene rings is 2. The maximum atomic E-state index is 14.5. The molecular formula is C56H82N12O16S. The number of carbonyl (C=O) groups is 13. The lowest BCUT2D eigenvalue weighted by Crippen LogP contribution is -2.62. The van der Waals surface area contributed by atoms with Gasteiger partial charge in [-0.2, -0.15) is 11.8 Å². The number of hydrogen-bond donors (Lipinski definition) is 14. The number of phenols is 1. The molecule has 17 N–H and O–H groups in total. The van der Waals surface area contributed by atoms with Gasteiger partial charge < -0.3 is 80.0 Å². The fourth-order valence-corrected chi connectivity index (χ4v) is 9.47. The van der Waals surface area contributed by atoms with E-state index in [4.69, 9.17) is 17.2 Å². The number of nitrogens with zero attached hydrogens (tertiary/aromatic N) is 1. The van der Waals surface area contributed by atoms with Gasteiger partial charge >= 0.3 is 11.9 Å². The second-order valence-corrected chi connectivity index (χ2v) is 22.9. The van der Waals surface area contributed by atoms with Crippen LogP contribution in [0.2, 0.25) is 0 Å². The Hall–Kier alpha value is -8.34. The predicted molar refractivity (Wildman–Crippen MR) is 310 cm³/mol. The molecule has 0 radical (unpaired) electrons. The second-order valence-electron chi connectivity index (χ2n) is 21.9. The van der Waals surface area contributed by atoms with Crippen molar-refractivity contribution in [2.75, 3.05) is 18.6 Å². The van der Waals surface area contributed by atoms with E-state index in [0.29, 0.717) is 23.3 Å². The quantitative estimate of drug-likeness (QED) is 0.0348. The highest BCUT2D eigenvalue weighted by molar-refractivity contribution is 7.98. The lowest BCUT2D eigenvalue weighted by Gasteiger charge is -2.30. The summed E-state index contributed by atoms with van der Waals surface area (Å²) < 4.78 is 0. The third-order valence-corrected chi connectivity index (χ3v) is 14.3. The Bertz CT molecular complexity index is 2700. The van der Waals surface area contributed by atoms with Gasteiger partial charge in [-0.1, -0.05) is 84.0 Å². The minimum atomic E-state index is -1.85. The standard InChI is InChI=1S/C56H82N12O16S/c1-28(2)22-35(52(79)67-46(30(5)6)54(81)60-34(19-21-85-7)47(74)66-40(56(83)84)27-44(72)73)61-48(75)36(23-31-12-9-8-10-13-31)62-50(77)38(25-42(57)70)64-49(76)37(24-32-15-17-33(69)18-16-32)63-51(78)39(26-43(58)71)65-53(80)41-14-11-20-68(41)55(82)45(59)29(3)4/h8-10,12-13,15-18,28-30,34-41,45-46,69H,11,14,19-27,59H2,1-7H3,(H2,57,70)(H2,58,71)(H,60,81)(H,61,75)(H,62,77)(H,63,78)(H,64,76)(H,65,80)(H,66,74)(H,67,79)(H,72,73)(H,83,84)/t34-,35-,36-,37-,38-,39-,40-,41-,45-,46-/m0/s1. The van der Waals surface area contributed by atoms with Gasteiger partial charge in [0.15, 0.2) is 0 Å². The van der Waals surface area contributed by atoms with Crippen molar-refractivity contribution in [3.8, 4) is 5.75 Å². The highest BCUT2D eigenvalue weighted by Crippen LogP contribution is 2.21. The molecule has 1 heterocycles. The second kappa shape index (κ2) is 34.4. The molecule has 11 amide bonds. The zero-order valence-corrected chi connectivity index (χ0v) is 49.5. The predicted octanol–water partition coefficient (Wildman–Crippen LogP) is -2.20. The number of primary amides is 2. The van der Waals surface area contributed by atoms with E-state index in [1.165, 1.54) is 40.9 Å². The minimum Gasteiger partial charge on any atom is -0.508 e. The number of thioether (sulfide) groups is 1. The van der Waals surface area contributed by atoms with Crippen molar-refractivity contribution < 1.29 is 77.6 Å². The molecule has 28 nitrogen and oxygen atoms in total. The summed E-state index contributed by atoms with van der Waals surface area (Å²) in [4.78, 5) is 175. The number of nitrogens with two attached hydrogens (primary N) is 3. The van der Waals surface area contributed by atoms with Crippen molar-refractivity contribution in [2.45, 2.75) is 160 Å². The molecule has 0 saturated carbocycles. The lowest BCUT2D eigenvalue weighted by atomic mass is 9.98. The topological polar surface area (TPSA) is 460 Å². The van der Waals surface area contributed by atoms with Crippen LogP contribution in [0.15, 0.2) is 54.6 Å². The molecule has 1 fully saturated rings. The van der Waals surface area contributed by atoms with E-state index in [1.807, 2.05) is 0 Å². The molecular weight excluding hydrogens is 1130 g/mol. The number of aliphatic carboxylic acids is 2. The van der Waals surface area contributed by atoms with Crippen molar-refractivity contribution in [1.29, 1.82) is 0 Å². The number of rotatable bonds is 35. The van der Waals surface area contributed by atoms with Crippen molar-refractivity contribution in [3.63, 3.8) is 0 Å². The van der Waals surface area contributed by atoms with E-state index in [0.717, 1.165) is 0 Å². The van der Waals surface area contributed by atoms with Gasteiger partial charge in [-0.15, -0.1) is 0 Å². The Morgan fingerprint density at radius 1 is 0.565 bits per heavy atom. The van der Waals surface area contributed by atoms with E-state index in [2.05, 4.69) is 42.5 Å². The first-order valence-electron chi connectivity index (χ1n) is 27.7. The number of aromatic hydroxyl groups is 1. The van der Waals surface area contributed by atoms with Crippen LogP contribution in [-0.4, -0.2) is 176 Å². The van der Waals surface area contributed by atoms with Crippen LogP contribution in [0.1, 0.15) is 97.6 Å². The Morgan fingerprint density at radius 3 is 1.51 bits per heavy atom. The molecule has 0 bridgehead atoms. The normalized spacial score (nSPS) is 16.2. The van der Waals surface area contributed by atoms with E-state index in [9.17, 15) is 77.6 Å². The van der Waals surface area contributed by atoms with E-state index >= 15 is 0 Å². The molecule has 0 spiro atoms. The number of carboxylic acid groups (broad SMARTS) is 2. The lowest BCUT2D eigenvalue weighted by molar-refractivity contribution is -0.147. The highest BCUT2D eigenvalue weighted by Gasteiger charge is 2.40. The molecule has 85 heavy (non-hydrogen) atoms. The van der Waals surface area contributed by atoms with Crippen molar-refractivity contribution in [3.05, 3.63) is 65.7 Å². The number of likely N-dealkylation sites (tertiary alicyclic amines) is 1. The van der Waals surface area contributed by atoms with Gasteiger partial charge in [0.2, 0.25) is 65.0 Å². The molecule has 1 saturated heterocycles. The van der Waals surface area contributed by atoms with Crippen molar-refractivity contribution in [2.24, 2.45) is 35.0 Å². The number of amides is 11.